The Morgan fingerprint density at radius 1 is 1.48 bits per heavy atom. The largest absolute Gasteiger partial charge is 0.392 e. The fourth-order valence-electron chi connectivity index (χ4n) is 2.64. The standard InChI is InChI=1S/C13H22N4O4/c18-11(9-16-8-10(6-15-16)17(20)21)7-14-12-4-2-1-3-5-13(12)19/h6,8,11-14,18-19H,1-5,7,9H2. The van der Waals surface area contributed by atoms with Crippen molar-refractivity contribution in [1.29, 1.82) is 0 Å². The van der Waals surface area contributed by atoms with Gasteiger partial charge in [-0.2, -0.15) is 5.10 Å². The van der Waals surface area contributed by atoms with Gasteiger partial charge in [-0.05, 0) is 12.8 Å². The topological polar surface area (TPSA) is 113 Å². The van der Waals surface area contributed by atoms with Gasteiger partial charge in [0, 0.05) is 12.6 Å². The first-order valence-corrected chi connectivity index (χ1v) is 7.32. The number of nitrogens with zero attached hydrogens (tertiary/aromatic N) is 3. The zero-order valence-electron chi connectivity index (χ0n) is 11.9. The molecule has 1 aliphatic carbocycles. The Bertz CT molecular complexity index is 465. The molecule has 3 N–H and O–H groups in total. The summed E-state index contributed by atoms with van der Waals surface area (Å²) in [5.74, 6) is 0. The number of aromatic nitrogens is 2. The lowest BCUT2D eigenvalue weighted by molar-refractivity contribution is -0.385. The lowest BCUT2D eigenvalue weighted by atomic mass is 10.1. The summed E-state index contributed by atoms with van der Waals surface area (Å²) in [6.07, 6.45) is 6.33. The van der Waals surface area contributed by atoms with Crippen LogP contribution in [0.2, 0.25) is 0 Å². The van der Waals surface area contributed by atoms with E-state index in [2.05, 4.69) is 10.4 Å². The van der Waals surface area contributed by atoms with Gasteiger partial charge in [0.05, 0.1) is 23.7 Å². The van der Waals surface area contributed by atoms with Crippen molar-refractivity contribution in [3.63, 3.8) is 0 Å². The average molecular weight is 298 g/mol. The summed E-state index contributed by atoms with van der Waals surface area (Å²) < 4.78 is 1.36. The smallest absolute Gasteiger partial charge is 0.306 e. The molecule has 1 aliphatic rings. The van der Waals surface area contributed by atoms with Gasteiger partial charge in [-0.3, -0.25) is 14.8 Å². The van der Waals surface area contributed by atoms with Gasteiger partial charge in [0.25, 0.3) is 0 Å². The number of nitrogens with one attached hydrogen (secondary N) is 1. The van der Waals surface area contributed by atoms with E-state index in [0.717, 1.165) is 38.3 Å². The quantitative estimate of drug-likeness (QED) is 0.399. The molecular formula is C13H22N4O4. The van der Waals surface area contributed by atoms with Crippen molar-refractivity contribution >= 4 is 5.69 Å². The Kier molecular flexibility index (Phi) is 5.66. The van der Waals surface area contributed by atoms with Crippen molar-refractivity contribution in [3.8, 4) is 0 Å². The zero-order valence-corrected chi connectivity index (χ0v) is 11.9. The van der Waals surface area contributed by atoms with E-state index in [0.29, 0.717) is 6.54 Å². The first-order valence-electron chi connectivity index (χ1n) is 7.32. The molecule has 0 amide bonds. The molecule has 0 spiro atoms. The van der Waals surface area contributed by atoms with E-state index < -0.39 is 11.0 Å². The van der Waals surface area contributed by atoms with Crippen molar-refractivity contribution < 1.29 is 15.1 Å². The van der Waals surface area contributed by atoms with Crippen molar-refractivity contribution in [2.24, 2.45) is 0 Å². The van der Waals surface area contributed by atoms with Crippen LogP contribution in [0.1, 0.15) is 32.1 Å². The first kappa shape index (κ1) is 15.9. The summed E-state index contributed by atoms with van der Waals surface area (Å²) in [5.41, 5.74) is -0.0886. The molecule has 1 saturated carbocycles. The van der Waals surface area contributed by atoms with E-state index in [1.165, 1.54) is 10.9 Å². The summed E-state index contributed by atoms with van der Waals surface area (Å²) >= 11 is 0. The fourth-order valence-corrected chi connectivity index (χ4v) is 2.64. The van der Waals surface area contributed by atoms with Gasteiger partial charge in [-0.15, -0.1) is 0 Å². The van der Waals surface area contributed by atoms with Gasteiger partial charge in [-0.1, -0.05) is 19.3 Å². The van der Waals surface area contributed by atoms with Crippen molar-refractivity contribution in [2.45, 2.75) is 56.9 Å². The molecule has 2 rings (SSSR count). The predicted molar refractivity (Wildman–Crippen MR) is 75.8 cm³/mol. The fraction of sp³-hybridized carbons (Fsp3) is 0.769. The minimum atomic E-state index is -0.708. The molecule has 118 valence electrons. The van der Waals surface area contributed by atoms with Crippen LogP contribution < -0.4 is 5.32 Å². The molecule has 0 aliphatic heterocycles. The van der Waals surface area contributed by atoms with E-state index in [9.17, 15) is 20.3 Å². The second-order valence-electron chi connectivity index (χ2n) is 5.55. The third kappa shape index (κ3) is 4.76. The molecule has 0 radical (unpaired) electrons. The molecule has 0 bridgehead atoms. The third-order valence-electron chi connectivity index (χ3n) is 3.82. The number of rotatable bonds is 6. The second kappa shape index (κ2) is 7.48. The summed E-state index contributed by atoms with van der Waals surface area (Å²) in [4.78, 5) is 10.0. The van der Waals surface area contributed by atoms with E-state index in [4.69, 9.17) is 0 Å². The molecule has 1 heterocycles. The molecule has 21 heavy (non-hydrogen) atoms. The van der Waals surface area contributed by atoms with Gasteiger partial charge in [0.1, 0.15) is 12.4 Å². The van der Waals surface area contributed by atoms with Crippen LogP contribution in [0.4, 0.5) is 5.69 Å². The lowest BCUT2D eigenvalue weighted by Crippen LogP contribution is -2.43. The molecule has 1 aromatic rings. The summed E-state index contributed by atoms with van der Waals surface area (Å²) in [7, 11) is 0. The minimum absolute atomic E-state index is 0.00843. The second-order valence-corrected chi connectivity index (χ2v) is 5.55. The molecule has 3 atom stereocenters. The highest BCUT2D eigenvalue weighted by atomic mass is 16.6. The van der Waals surface area contributed by atoms with Gasteiger partial charge in [0.2, 0.25) is 0 Å². The SMILES string of the molecule is O=[N+]([O-])c1cnn(CC(O)CNC2CCCCCC2O)c1. The number of aliphatic hydroxyl groups excluding tert-OH is 2. The Labute approximate surface area is 122 Å². The van der Waals surface area contributed by atoms with Gasteiger partial charge < -0.3 is 15.5 Å². The summed E-state index contributed by atoms with van der Waals surface area (Å²) in [6.45, 7) is 0.513. The monoisotopic (exact) mass is 298 g/mol. The average Bonchev–Trinajstić information content (AvgIpc) is 2.80. The molecular weight excluding hydrogens is 276 g/mol. The van der Waals surface area contributed by atoms with Crippen LogP contribution >= 0.6 is 0 Å². The van der Waals surface area contributed by atoms with Gasteiger partial charge in [0.15, 0.2) is 0 Å². The maximum absolute atomic E-state index is 10.6. The summed E-state index contributed by atoms with van der Waals surface area (Å²) in [6, 6.07) is 0.00843. The van der Waals surface area contributed by atoms with Crippen molar-refractivity contribution in [1.82, 2.24) is 15.1 Å². The molecule has 1 fully saturated rings. The molecule has 0 saturated heterocycles. The van der Waals surface area contributed by atoms with Crippen molar-refractivity contribution in [2.75, 3.05) is 6.54 Å². The highest BCUT2D eigenvalue weighted by Gasteiger charge is 2.22. The van der Waals surface area contributed by atoms with E-state index >= 15 is 0 Å². The molecule has 8 heteroatoms. The van der Waals surface area contributed by atoms with E-state index in [1.807, 2.05) is 0 Å². The predicted octanol–water partition coefficient (Wildman–Crippen LogP) is 0.435. The Balaban J connectivity index is 1.78. The third-order valence-corrected chi connectivity index (χ3v) is 3.82. The first-order chi connectivity index (χ1) is 10.1. The highest BCUT2D eigenvalue weighted by Crippen LogP contribution is 2.18. The number of hydrogen-bond donors (Lipinski definition) is 3. The number of aliphatic hydroxyl groups is 2. The van der Waals surface area contributed by atoms with Crippen LogP contribution in [-0.4, -0.2) is 49.7 Å². The van der Waals surface area contributed by atoms with Crippen LogP contribution in [0.3, 0.4) is 0 Å². The normalized spacial score (nSPS) is 24.5. The molecule has 0 aromatic carbocycles. The molecule has 3 unspecified atom stereocenters. The highest BCUT2D eigenvalue weighted by molar-refractivity contribution is 5.20. The van der Waals surface area contributed by atoms with Gasteiger partial charge >= 0.3 is 5.69 Å². The Morgan fingerprint density at radius 2 is 2.24 bits per heavy atom. The maximum Gasteiger partial charge on any atom is 0.306 e. The molecule has 8 nitrogen and oxygen atoms in total. The van der Waals surface area contributed by atoms with Crippen LogP contribution in [0.15, 0.2) is 12.4 Å². The Morgan fingerprint density at radius 3 is 2.95 bits per heavy atom. The lowest BCUT2D eigenvalue weighted by Gasteiger charge is -2.23. The number of nitro groups is 1. The van der Waals surface area contributed by atoms with Crippen LogP contribution in [-0.2, 0) is 6.54 Å². The maximum atomic E-state index is 10.6. The van der Waals surface area contributed by atoms with Gasteiger partial charge in [-0.25, -0.2) is 0 Å². The Hall–Kier alpha value is -1.51. The van der Waals surface area contributed by atoms with Crippen LogP contribution in [0.5, 0.6) is 0 Å². The van der Waals surface area contributed by atoms with Crippen molar-refractivity contribution in [3.05, 3.63) is 22.5 Å². The van der Waals surface area contributed by atoms with Crippen LogP contribution in [0.25, 0.3) is 0 Å². The molecule has 1 aromatic heterocycles. The van der Waals surface area contributed by atoms with E-state index in [1.54, 1.807) is 0 Å². The summed E-state index contributed by atoms with van der Waals surface area (Å²) in [5, 5.41) is 37.5. The van der Waals surface area contributed by atoms with Crippen LogP contribution in [0, 0.1) is 10.1 Å². The zero-order chi connectivity index (χ0) is 15.2. The number of hydrogen-bond acceptors (Lipinski definition) is 6. The minimum Gasteiger partial charge on any atom is -0.392 e. The van der Waals surface area contributed by atoms with E-state index in [-0.39, 0.29) is 24.4 Å².